The summed E-state index contributed by atoms with van der Waals surface area (Å²) < 4.78 is 97.0. The molecule has 12 nitrogen and oxygen atoms in total. The smallest absolute Gasteiger partial charge is 0.475 e. The number of aliphatic carboxylic acids is 3. The molecule has 4 rings (SSSR count). The van der Waals surface area contributed by atoms with Gasteiger partial charge in [-0.2, -0.15) is 44.6 Å². The van der Waals surface area contributed by atoms with Gasteiger partial charge in [0.2, 0.25) is 5.91 Å². The number of halogens is 9. The minimum Gasteiger partial charge on any atom is -0.475 e. The number of aryl methyl sites for hydroxylation is 2. The molecule has 0 aromatic carbocycles. The van der Waals surface area contributed by atoms with Crippen LogP contribution < -0.4 is 4.90 Å². The van der Waals surface area contributed by atoms with Gasteiger partial charge in [0.1, 0.15) is 0 Å². The molecule has 0 aliphatic carbocycles. The Balaban J connectivity index is 0.000000396. The van der Waals surface area contributed by atoms with E-state index in [4.69, 9.17) is 29.7 Å². The summed E-state index contributed by atoms with van der Waals surface area (Å²) in [4.78, 5) is 48.3. The fourth-order valence-corrected chi connectivity index (χ4v) is 4.11. The number of carbonyl (C=O) groups is 4. The van der Waals surface area contributed by atoms with Gasteiger partial charge < -0.3 is 20.2 Å². The molecule has 45 heavy (non-hydrogen) atoms. The summed E-state index contributed by atoms with van der Waals surface area (Å²) in [5.41, 5.74) is 3.09. The highest BCUT2D eigenvalue weighted by molar-refractivity contribution is 5.94. The number of fused-ring (bicyclic) bond motifs is 1. The Bertz CT molecular complexity index is 1270. The van der Waals surface area contributed by atoms with Crippen molar-refractivity contribution in [3.8, 4) is 0 Å². The first-order valence-electron chi connectivity index (χ1n) is 12.3. The number of piperidine rings is 1. The second-order valence-corrected chi connectivity index (χ2v) is 9.25. The van der Waals surface area contributed by atoms with Crippen LogP contribution in [0.3, 0.4) is 0 Å². The van der Waals surface area contributed by atoms with E-state index in [1.165, 1.54) is 0 Å². The molecule has 2 aromatic heterocycles. The zero-order chi connectivity index (χ0) is 34.9. The largest absolute Gasteiger partial charge is 0.490 e. The van der Waals surface area contributed by atoms with E-state index < -0.39 is 36.4 Å². The molecule has 0 bridgehead atoms. The van der Waals surface area contributed by atoms with Crippen LogP contribution in [-0.4, -0.2) is 96.0 Å². The van der Waals surface area contributed by atoms with Gasteiger partial charge in [0, 0.05) is 44.5 Å². The number of alkyl halides is 9. The molecule has 3 N–H and O–H groups in total. The molecule has 252 valence electrons. The lowest BCUT2D eigenvalue weighted by atomic mass is 9.96. The lowest BCUT2D eigenvalue weighted by molar-refractivity contribution is -0.193. The van der Waals surface area contributed by atoms with Gasteiger partial charge in [0.15, 0.2) is 0 Å². The minimum atomic E-state index is -5.08. The molecule has 0 spiro atoms. The van der Waals surface area contributed by atoms with Crippen molar-refractivity contribution in [3.05, 3.63) is 42.0 Å². The molecule has 0 unspecified atom stereocenters. The second-order valence-electron chi connectivity index (χ2n) is 9.25. The van der Waals surface area contributed by atoms with E-state index in [0.29, 0.717) is 12.5 Å². The van der Waals surface area contributed by atoms with Crippen molar-refractivity contribution >= 4 is 29.5 Å². The monoisotopic (exact) mass is 667 g/mol. The van der Waals surface area contributed by atoms with Gasteiger partial charge in [-0.05, 0) is 31.9 Å². The van der Waals surface area contributed by atoms with Gasteiger partial charge >= 0.3 is 36.4 Å². The lowest BCUT2D eigenvalue weighted by Crippen LogP contribution is -2.52. The van der Waals surface area contributed by atoms with E-state index in [9.17, 15) is 44.3 Å². The number of carboxylic acids is 3. The number of anilines is 1. The third kappa shape index (κ3) is 12.6. The summed E-state index contributed by atoms with van der Waals surface area (Å²) in [6.07, 6.45) is -8.97. The molecule has 0 radical (unpaired) electrons. The molecule has 1 amide bonds. The highest BCUT2D eigenvalue weighted by atomic mass is 19.4. The van der Waals surface area contributed by atoms with Crippen molar-refractivity contribution in [1.82, 2.24) is 19.7 Å². The van der Waals surface area contributed by atoms with Crippen LogP contribution in [0, 0.1) is 6.92 Å². The van der Waals surface area contributed by atoms with E-state index in [2.05, 4.69) is 27.1 Å². The first kappa shape index (κ1) is 38.6. The molecule has 2 aliphatic heterocycles. The van der Waals surface area contributed by atoms with Gasteiger partial charge in [0.25, 0.3) is 0 Å². The van der Waals surface area contributed by atoms with Crippen LogP contribution in [-0.2, 0) is 32.8 Å². The molecule has 0 saturated carbocycles. The van der Waals surface area contributed by atoms with Crippen LogP contribution in [0.4, 0.5) is 45.2 Å². The van der Waals surface area contributed by atoms with Gasteiger partial charge in [0.05, 0.1) is 23.6 Å². The quantitative estimate of drug-likeness (QED) is 0.410. The Morgan fingerprint density at radius 3 is 1.76 bits per heavy atom. The summed E-state index contributed by atoms with van der Waals surface area (Å²) in [5, 5.41) is 25.6. The average molecular weight is 667 g/mol. The maximum absolute atomic E-state index is 12.5. The van der Waals surface area contributed by atoms with E-state index in [1.807, 2.05) is 31.1 Å². The predicted molar refractivity (Wildman–Crippen MR) is 133 cm³/mol. The first-order chi connectivity index (χ1) is 20.4. The predicted octanol–water partition coefficient (Wildman–Crippen LogP) is 3.79. The fourth-order valence-electron chi connectivity index (χ4n) is 4.11. The number of hydrogen-bond donors (Lipinski definition) is 3. The Hall–Kier alpha value is -4.43. The molecule has 2 atom stereocenters. The van der Waals surface area contributed by atoms with Crippen LogP contribution in [0.25, 0.3) is 0 Å². The number of amides is 1. The standard InChI is InChI=1S/C18H23N5O.3C2HF3O2/c1-13-4-3-5-14(20-13)11-22-9-8-17-16(22)6-7-18(24)23(17)15-10-19-21(2)12-15;3*3-2(4,5)1(6)7/h3-5,10,12,16-17H,6-9,11H2,1-2H3;3*(H,6,7)/t16-,17-;;;/m0.../s1. The SMILES string of the molecule is Cc1cccc(CN2CC[C@H]3[C@@H]2CCC(=O)N3c2cnn(C)c2)n1.O=C(O)C(F)(F)F.O=C(O)C(F)(F)F.O=C(O)C(F)(F)F. The molecule has 2 saturated heterocycles. The van der Waals surface area contributed by atoms with E-state index in [0.717, 1.165) is 43.0 Å². The highest BCUT2D eigenvalue weighted by Gasteiger charge is 2.44. The van der Waals surface area contributed by atoms with Gasteiger partial charge in [-0.3, -0.25) is 19.4 Å². The number of rotatable bonds is 3. The topological polar surface area (TPSA) is 166 Å². The molecule has 4 heterocycles. The first-order valence-corrected chi connectivity index (χ1v) is 12.3. The number of hydrogen-bond acceptors (Lipinski definition) is 7. The van der Waals surface area contributed by atoms with Gasteiger partial charge in [-0.15, -0.1) is 0 Å². The van der Waals surface area contributed by atoms with E-state index >= 15 is 0 Å². The number of nitrogens with zero attached hydrogens (tertiary/aromatic N) is 5. The lowest BCUT2D eigenvalue weighted by Gasteiger charge is -2.39. The van der Waals surface area contributed by atoms with Gasteiger partial charge in [-0.1, -0.05) is 6.07 Å². The molecule has 21 heteroatoms. The molecule has 2 fully saturated rings. The third-order valence-corrected chi connectivity index (χ3v) is 5.89. The van der Waals surface area contributed by atoms with Crippen LogP contribution in [0.1, 0.15) is 30.7 Å². The normalized spacial score (nSPS) is 18.3. The van der Waals surface area contributed by atoms with Crippen molar-refractivity contribution < 1.29 is 74.0 Å². The summed E-state index contributed by atoms with van der Waals surface area (Å²) >= 11 is 0. The Morgan fingerprint density at radius 1 is 0.867 bits per heavy atom. The number of likely N-dealkylation sites (tertiary alicyclic amines) is 1. The minimum absolute atomic E-state index is 0.222. The molecular weight excluding hydrogens is 641 g/mol. The summed E-state index contributed by atoms with van der Waals surface area (Å²) in [7, 11) is 1.89. The summed E-state index contributed by atoms with van der Waals surface area (Å²) in [6, 6.07) is 6.84. The van der Waals surface area contributed by atoms with Crippen molar-refractivity contribution in [2.24, 2.45) is 7.05 Å². The molecule has 2 aromatic rings. The number of carboxylic acid groups (broad SMARTS) is 3. The van der Waals surface area contributed by atoms with Crippen molar-refractivity contribution in [2.45, 2.75) is 63.3 Å². The second kappa shape index (κ2) is 15.5. The Kier molecular flexibility index (Phi) is 13.3. The Labute approximate surface area is 247 Å². The number of pyridine rings is 1. The fraction of sp³-hybridized carbons (Fsp3) is 0.500. The maximum Gasteiger partial charge on any atom is 0.490 e. The average Bonchev–Trinajstić information content (AvgIpc) is 3.49. The van der Waals surface area contributed by atoms with Crippen LogP contribution in [0.5, 0.6) is 0 Å². The van der Waals surface area contributed by atoms with Crippen LogP contribution >= 0.6 is 0 Å². The van der Waals surface area contributed by atoms with Crippen LogP contribution in [0.2, 0.25) is 0 Å². The van der Waals surface area contributed by atoms with E-state index in [-0.39, 0.29) is 11.9 Å². The summed E-state index contributed by atoms with van der Waals surface area (Å²) in [5.74, 6) is -8.05. The van der Waals surface area contributed by atoms with Gasteiger partial charge in [-0.25, -0.2) is 14.4 Å². The summed E-state index contributed by atoms with van der Waals surface area (Å²) in [6.45, 7) is 3.90. The Morgan fingerprint density at radius 2 is 1.36 bits per heavy atom. The van der Waals surface area contributed by atoms with E-state index in [1.54, 1.807) is 10.9 Å². The molecule has 2 aliphatic rings. The number of carbonyl (C=O) groups excluding carboxylic acids is 1. The van der Waals surface area contributed by atoms with Crippen molar-refractivity contribution in [3.63, 3.8) is 0 Å². The zero-order valence-corrected chi connectivity index (χ0v) is 23.2. The van der Waals surface area contributed by atoms with Crippen molar-refractivity contribution in [2.75, 3.05) is 11.4 Å². The highest BCUT2D eigenvalue weighted by Crippen LogP contribution is 2.35. The zero-order valence-electron chi connectivity index (χ0n) is 23.2. The third-order valence-electron chi connectivity index (χ3n) is 5.89. The maximum atomic E-state index is 12.5. The number of aromatic nitrogens is 3. The molecular formula is C24H26F9N5O7. The van der Waals surface area contributed by atoms with Crippen molar-refractivity contribution in [1.29, 1.82) is 0 Å². The van der Waals surface area contributed by atoms with Crippen LogP contribution in [0.15, 0.2) is 30.6 Å².